The largest absolute Gasteiger partial charge is 0.497 e. The first-order valence-electron chi connectivity index (χ1n) is 9.58. The molecule has 0 aromatic heterocycles. The molecule has 0 bridgehead atoms. The van der Waals surface area contributed by atoms with Gasteiger partial charge in [-0.1, -0.05) is 53.5 Å². The van der Waals surface area contributed by atoms with Gasteiger partial charge in [-0.2, -0.15) is 0 Å². The summed E-state index contributed by atoms with van der Waals surface area (Å²) in [5.74, 6) is -0.472. The minimum atomic E-state index is -2.04. The number of methoxy groups -OCH3 is 1. The van der Waals surface area contributed by atoms with Crippen molar-refractivity contribution in [3.63, 3.8) is 0 Å². The number of ether oxygens (including phenoxy) is 1. The highest BCUT2D eigenvalue weighted by atomic mass is 35.5. The molecule has 1 unspecified atom stereocenters. The second-order valence-electron chi connectivity index (χ2n) is 7.34. The molecule has 0 saturated carbocycles. The van der Waals surface area contributed by atoms with E-state index in [0.29, 0.717) is 32.6 Å². The minimum absolute atomic E-state index is 0.156. The zero-order chi connectivity index (χ0) is 22.2. The lowest BCUT2D eigenvalue weighted by molar-refractivity contribution is -0.136. The Morgan fingerprint density at radius 2 is 1.84 bits per heavy atom. The fourth-order valence-corrected chi connectivity index (χ4v) is 4.15. The van der Waals surface area contributed by atoms with Crippen molar-refractivity contribution in [1.82, 2.24) is 0 Å². The number of halogens is 2. The predicted octanol–water partition coefficient (Wildman–Crippen LogP) is 5.01. The van der Waals surface area contributed by atoms with E-state index in [1.165, 1.54) is 18.1 Å². The summed E-state index contributed by atoms with van der Waals surface area (Å²) in [5.41, 5.74) is -0.180. The van der Waals surface area contributed by atoms with Crippen LogP contribution in [0.2, 0.25) is 10.0 Å². The summed E-state index contributed by atoms with van der Waals surface area (Å²) in [7, 11) is 1.50. The second-order valence-corrected chi connectivity index (χ2v) is 8.18. The van der Waals surface area contributed by atoms with Gasteiger partial charge in [-0.05, 0) is 42.0 Å². The molecule has 0 spiro atoms. The zero-order valence-corrected chi connectivity index (χ0v) is 18.2. The van der Waals surface area contributed by atoms with E-state index in [2.05, 4.69) is 0 Å². The molecule has 7 heteroatoms. The maximum atomic E-state index is 13.4. The van der Waals surface area contributed by atoms with Crippen LogP contribution < -0.4 is 9.64 Å². The second kappa shape index (κ2) is 8.35. The van der Waals surface area contributed by atoms with Crippen LogP contribution in [0.4, 0.5) is 5.69 Å². The molecule has 0 fully saturated rings. The summed E-state index contributed by atoms with van der Waals surface area (Å²) < 4.78 is 5.17. The first kappa shape index (κ1) is 21.4. The van der Waals surface area contributed by atoms with E-state index >= 15 is 0 Å². The average molecular weight is 456 g/mol. The molecule has 31 heavy (non-hydrogen) atoms. The predicted molar refractivity (Wildman–Crippen MR) is 120 cm³/mol. The molecule has 3 aromatic carbocycles. The summed E-state index contributed by atoms with van der Waals surface area (Å²) in [6.07, 6.45) is -0.425. The van der Waals surface area contributed by atoms with Gasteiger partial charge in [0.25, 0.3) is 5.91 Å². The van der Waals surface area contributed by atoms with Crippen molar-refractivity contribution in [3.05, 3.63) is 93.5 Å². The van der Waals surface area contributed by atoms with Crippen LogP contribution in [0.3, 0.4) is 0 Å². The Hall–Kier alpha value is -2.86. The summed E-state index contributed by atoms with van der Waals surface area (Å²) >= 11 is 12.4. The Morgan fingerprint density at radius 3 is 2.58 bits per heavy atom. The number of benzene rings is 3. The molecular formula is C24H19Cl2NO4. The Kier molecular flexibility index (Phi) is 5.75. The maximum Gasteiger partial charge on any atom is 0.264 e. The molecule has 5 nitrogen and oxygen atoms in total. The number of anilines is 1. The molecule has 1 aliphatic rings. The number of fused-ring (bicyclic) bond motifs is 1. The molecule has 0 saturated heterocycles. The van der Waals surface area contributed by atoms with Crippen LogP contribution in [0.1, 0.15) is 27.9 Å². The Morgan fingerprint density at radius 1 is 1.06 bits per heavy atom. The van der Waals surface area contributed by atoms with Gasteiger partial charge >= 0.3 is 0 Å². The van der Waals surface area contributed by atoms with Crippen molar-refractivity contribution in [1.29, 1.82) is 0 Å². The molecule has 1 heterocycles. The van der Waals surface area contributed by atoms with E-state index in [4.69, 9.17) is 27.9 Å². The highest BCUT2D eigenvalue weighted by molar-refractivity contribution is 6.31. The summed E-state index contributed by atoms with van der Waals surface area (Å²) in [4.78, 5) is 27.8. The van der Waals surface area contributed by atoms with Crippen molar-refractivity contribution < 1.29 is 19.4 Å². The number of hydrogen-bond donors (Lipinski definition) is 1. The average Bonchev–Trinajstić information content (AvgIpc) is 2.96. The number of amides is 1. The zero-order valence-electron chi connectivity index (χ0n) is 16.6. The van der Waals surface area contributed by atoms with Crippen LogP contribution in [-0.4, -0.2) is 23.9 Å². The van der Waals surface area contributed by atoms with Gasteiger partial charge in [0.2, 0.25) is 0 Å². The number of Topliss-reactive ketones (excluding diaryl/α,β-unsaturated/α-hetero) is 1. The number of carbonyl (C=O) groups excluding carboxylic acids is 2. The van der Waals surface area contributed by atoms with Gasteiger partial charge in [0.15, 0.2) is 11.4 Å². The third-order valence-electron chi connectivity index (χ3n) is 5.39. The SMILES string of the molecule is COc1cccc(C(=O)CC2(O)C(=O)N(Cc3ccccc3Cl)c3ccc(Cl)cc32)c1. The van der Waals surface area contributed by atoms with Crippen molar-refractivity contribution in [2.24, 2.45) is 0 Å². The number of aliphatic hydroxyl groups is 1. The highest BCUT2D eigenvalue weighted by Crippen LogP contribution is 2.45. The molecule has 0 radical (unpaired) electrons. The normalized spacial score (nSPS) is 17.5. The Labute approximate surface area is 189 Å². The van der Waals surface area contributed by atoms with E-state index in [-0.39, 0.29) is 12.3 Å². The lowest BCUT2D eigenvalue weighted by atomic mass is 9.88. The standard InChI is InChI=1S/C24H19Cl2NO4/c1-31-18-7-4-6-15(11-18)22(28)13-24(30)19-12-17(25)9-10-21(19)27(23(24)29)14-16-5-2-3-8-20(16)26/h2-12,30H,13-14H2,1H3. The van der Waals surface area contributed by atoms with E-state index < -0.39 is 17.9 Å². The fraction of sp³-hybridized carbons (Fsp3) is 0.167. The van der Waals surface area contributed by atoms with Gasteiger partial charge in [0, 0.05) is 21.2 Å². The molecule has 1 amide bonds. The van der Waals surface area contributed by atoms with Crippen LogP contribution in [-0.2, 0) is 16.9 Å². The van der Waals surface area contributed by atoms with Gasteiger partial charge in [0.05, 0.1) is 25.8 Å². The van der Waals surface area contributed by atoms with Gasteiger partial charge in [0.1, 0.15) is 5.75 Å². The van der Waals surface area contributed by atoms with E-state index in [0.717, 1.165) is 5.56 Å². The first-order chi connectivity index (χ1) is 14.8. The van der Waals surface area contributed by atoms with Crippen molar-refractivity contribution >= 4 is 40.6 Å². The molecule has 3 aromatic rings. The number of nitrogens with zero attached hydrogens (tertiary/aromatic N) is 1. The fourth-order valence-electron chi connectivity index (χ4n) is 3.78. The van der Waals surface area contributed by atoms with Gasteiger partial charge in [-0.3, -0.25) is 9.59 Å². The van der Waals surface area contributed by atoms with Crippen LogP contribution in [0.15, 0.2) is 66.7 Å². The quantitative estimate of drug-likeness (QED) is 0.530. The third kappa shape index (κ3) is 3.92. The maximum absolute atomic E-state index is 13.4. The molecule has 1 N–H and O–H groups in total. The lowest BCUT2D eigenvalue weighted by Crippen LogP contribution is -2.41. The molecular weight excluding hydrogens is 437 g/mol. The number of ketones is 1. The summed E-state index contributed by atoms with van der Waals surface area (Å²) in [5, 5.41) is 12.3. The van der Waals surface area contributed by atoms with E-state index in [1.54, 1.807) is 48.5 Å². The smallest absolute Gasteiger partial charge is 0.264 e. The summed E-state index contributed by atoms with van der Waals surface area (Å²) in [6.45, 7) is 0.156. The van der Waals surface area contributed by atoms with Gasteiger partial charge < -0.3 is 14.7 Å². The van der Waals surface area contributed by atoms with Crippen LogP contribution in [0, 0.1) is 0 Å². The molecule has 1 atom stereocenters. The monoisotopic (exact) mass is 455 g/mol. The summed E-state index contributed by atoms with van der Waals surface area (Å²) in [6, 6.07) is 18.6. The van der Waals surface area contributed by atoms with Crippen molar-refractivity contribution in [3.8, 4) is 5.75 Å². The van der Waals surface area contributed by atoms with E-state index in [1.807, 2.05) is 12.1 Å². The van der Waals surface area contributed by atoms with Crippen molar-refractivity contribution in [2.75, 3.05) is 12.0 Å². The molecule has 4 rings (SSSR count). The third-order valence-corrected chi connectivity index (χ3v) is 5.99. The van der Waals surface area contributed by atoms with Gasteiger partial charge in [-0.25, -0.2) is 0 Å². The number of carbonyl (C=O) groups is 2. The van der Waals surface area contributed by atoms with E-state index in [9.17, 15) is 14.7 Å². The highest BCUT2D eigenvalue weighted by Gasteiger charge is 2.51. The number of rotatable bonds is 6. The Bertz CT molecular complexity index is 1180. The minimum Gasteiger partial charge on any atom is -0.497 e. The molecule has 1 aliphatic heterocycles. The van der Waals surface area contributed by atoms with Crippen LogP contribution >= 0.6 is 23.2 Å². The lowest BCUT2D eigenvalue weighted by Gasteiger charge is -2.23. The van der Waals surface area contributed by atoms with Crippen LogP contribution in [0.5, 0.6) is 5.75 Å². The number of hydrogen-bond acceptors (Lipinski definition) is 4. The molecule has 0 aliphatic carbocycles. The van der Waals surface area contributed by atoms with Crippen molar-refractivity contribution in [2.45, 2.75) is 18.6 Å². The van der Waals surface area contributed by atoms with Gasteiger partial charge in [-0.15, -0.1) is 0 Å². The molecule has 158 valence electrons. The topological polar surface area (TPSA) is 66.8 Å². The first-order valence-corrected chi connectivity index (χ1v) is 10.3. The Balaban J connectivity index is 1.72. The van der Waals surface area contributed by atoms with Crippen LogP contribution in [0.25, 0.3) is 0 Å².